The zero-order valence-electron chi connectivity index (χ0n) is 8.55. The van der Waals surface area contributed by atoms with Gasteiger partial charge in [0.25, 0.3) is 0 Å². The summed E-state index contributed by atoms with van der Waals surface area (Å²) in [7, 11) is -2.91. The standard InChI is InChI=1S/C8H17F3NO2P/c1-6(8(9,10)11)5-7(15(13)14)3-2-4-12/h6-7,15H,2-5,12H2,1H3,(H,13,14). The molecule has 3 N–H and O–H groups in total. The molecule has 3 nitrogen and oxygen atoms in total. The summed E-state index contributed by atoms with van der Waals surface area (Å²) in [5.74, 6) is -1.54. The van der Waals surface area contributed by atoms with E-state index in [9.17, 15) is 17.7 Å². The number of halogens is 3. The van der Waals surface area contributed by atoms with E-state index in [-0.39, 0.29) is 12.8 Å². The lowest BCUT2D eigenvalue weighted by molar-refractivity contribution is -0.171. The van der Waals surface area contributed by atoms with E-state index in [1.165, 1.54) is 0 Å². The van der Waals surface area contributed by atoms with Crippen LogP contribution in [0.15, 0.2) is 0 Å². The highest BCUT2D eigenvalue weighted by atomic mass is 31.1. The third-order valence-electron chi connectivity index (χ3n) is 2.30. The third kappa shape index (κ3) is 6.17. The van der Waals surface area contributed by atoms with Crippen molar-refractivity contribution in [3.05, 3.63) is 0 Å². The third-order valence-corrected chi connectivity index (χ3v) is 3.53. The highest BCUT2D eigenvalue weighted by Gasteiger charge is 2.37. The van der Waals surface area contributed by atoms with Gasteiger partial charge in [0, 0.05) is 5.66 Å². The SMILES string of the molecule is CC(CC(CCCN)[PH](=O)O)C(F)(F)F. The lowest BCUT2D eigenvalue weighted by Crippen LogP contribution is -2.24. The molecule has 0 aliphatic rings. The largest absolute Gasteiger partial charge is 0.391 e. The molecular weight excluding hydrogens is 230 g/mol. The number of hydrogen-bond acceptors (Lipinski definition) is 2. The molecule has 0 saturated carbocycles. The van der Waals surface area contributed by atoms with E-state index in [1.54, 1.807) is 0 Å². The zero-order valence-corrected chi connectivity index (χ0v) is 9.55. The molecule has 0 aliphatic carbocycles. The average Bonchev–Trinajstić information content (AvgIpc) is 2.09. The number of nitrogens with two attached hydrogens (primary N) is 1. The molecule has 0 fully saturated rings. The molecule has 0 spiro atoms. The van der Waals surface area contributed by atoms with E-state index in [0.29, 0.717) is 13.0 Å². The Labute approximate surface area is 87.7 Å². The molecule has 0 aromatic rings. The first-order chi connectivity index (χ1) is 6.79. The van der Waals surface area contributed by atoms with Crippen molar-refractivity contribution < 1.29 is 22.6 Å². The summed E-state index contributed by atoms with van der Waals surface area (Å²) in [4.78, 5) is 8.89. The monoisotopic (exact) mass is 247 g/mol. The van der Waals surface area contributed by atoms with Gasteiger partial charge in [0.1, 0.15) is 0 Å². The van der Waals surface area contributed by atoms with Crippen LogP contribution in [0.25, 0.3) is 0 Å². The summed E-state index contributed by atoms with van der Waals surface area (Å²) >= 11 is 0. The first-order valence-corrected chi connectivity index (χ1v) is 6.22. The van der Waals surface area contributed by atoms with Crippen molar-refractivity contribution in [2.24, 2.45) is 11.7 Å². The quantitative estimate of drug-likeness (QED) is 0.707. The van der Waals surface area contributed by atoms with Crippen LogP contribution < -0.4 is 5.73 Å². The van der Waals surface area contributed by atoms with Crippen LogP contribution in [0.5, 0.6) is 0 Å². The van der Waals surface area contributed by atoms with E-state index in [0.717, 1.165) is 6.92 Å². The van der Waals surface area contributed by atoms with Gasteiger partial charge in [-0.3, -0.25) is 4.57 Å². The van der Waals surface area contributed by atoms with Crippen molar-refractivity contribution in [1.82, 2.24) is 0 Å². The zero-order chi connectivity index (χ0) is 12.1. The summed E-state index contributed by atoms with van der Waals surface area (Å²) in [6, 6.07) is 0. The van der Waals surface area contributed by atoms with Gasteiger partial charge in [0.05, 0.1) is 5.92 Å². The number of alkyl halides is 3. The summed E-state index contributed by atoms with van der Waals surface area (Å²) in [6.07, 6.45) is -3.83. The molecule has 0 bridgehead atoms. The molecule has 3 atom stereocenters. The van der Waals surface area contributed by atoms with Crippen LogP contribution in [-0.2, 0) is 4.57 Å². The highest BCUT2D eigenvalue weighted by molar-refractivity contribution is 7.38. The molecule has 0 aromatic carbocycles. The van der Waals surface area contributed by atoms with Gasteiger partial charge in [-0.25, -0.2) is 0 Å². The number of rotatable bonds is 6. The molecule has 0 rings (SSSR count). The van der Waals surface area contributed by atoms with Crippen molar-refractivity contribution in [3.8, 4) is 0 Å². The van der Waals surface area contributed by atoms with Gasteiger partial charge in [-0.05, 0) is 25.8 Å². The molecule has 0 aliphatic heterocycles. The molecule has 0 saturated heterocycles. The van der Waals surface area contributed by atoms with Crippen molar-refractivity contribution in [1.29, 1.82) is 0 Å². The van der Waals surface area contributed by atoms with E-state index in [1.807, 2.05) is 0 Å². The van der Waals surface area contributed by atoms with Gasteiger partial charge in [-0.2, -0.15) is 13.2 Å². The second kappa shape index (κ2) is 6.51. The normalized spacial score (nSPS) is 18.5. The predicted octanol–water partition coefficient (Wildman–Crippen LogP) is 2.15. The molecule has 3 unspecified atom stereocenters. The Bertz CT molecular complexity index is 211. The Morgan fingerprint density at radius 3 is 2.33 bits per heavy atom. The maximum atomic E-state index is 12.2. The molecule has 0 amide bonds. The lowest BCUT2D eigenvalue weighted by atomic mass is 10.0. The minimum atomic E-state index is -4.29. The van der Waals surface area contributed by atoms with Crippen LogP contribution in [0, 0.1) is 5.92 Å². The molecule has 15 heavy (non-hydrogen) atoms. The minimum Gasteiger partial charge on any atom is -0.346 e. The van der Waals surface area contributed by atoms with E-state index in [2.05, 4.69) is 0 Å². The molecule has 7 heteroatoms. The second-order valence-corrected chi connectivity index (χ2v) is 5.14. The van der Waals surface area contributed by atoms with Crippen LogP contribution in [-0.4, -0.2) is 23.3 Å². The maximum absolute atomic E-state index is 12.2. The smallest absolute Gasteiger partial charge is 0.346 e. The summed E-state index contributed by atoms with van der Waals surface area (Å²) in [5.41, 5.74) is 4.43. The van der Waals surface area contributed by atoms with Crippen LogP contribution in [0.1, 0.15) is 26.2 Å². The van der Waals surface area contributed by atoms with Crippen LogP contribution in [0.4, 0.5) is 13.2 Å². The van der Waals surface area contributed by atoms with Gasteiger partial charge in [-0.15, -0.1) is 0 Å². The first kappa shape index (κ1) is 14.9. The minimum absolute atomic E-state index is 0.283. The fraction of sp³-hybridized carbons (Fsp3) is 1.00. The summed E-state index contributed by atoms with van der Waals surface area (Å²) in [6.45, 7) is 1.35. The maximum Gasteiger partial charge on any atom is 0.391 e. The van der Waals surface area contributed by atoms with Crippen molar-refractivity contribution in [2.45, 2.75) is 38.0 Å². The molecule has 0 heterocycles. The van der Waals surface area contributed by atoms with E-state index >= 15 is 0 Å². The van der Waals surface area contributed by atoms with Crippen LogP contribution in [0.3, 0.4) is 0 Å². The fourth-order valence-corrected chi connectivity index (χ4v) is 2.27. The lowest BCUT2D eigenvalue weighted by Gasteiger charge is -2.20. The topological polar surface area (TPSA) is 63.3 Å². The summed E-state index contributed by atoms with van der Waals surface area (Å²) in [5, 5.41) is 0. The highest BCUT2D eigenvalue weighted by Crippen LogP contribution is 2.37. The average molecular weight is 247 g/mol. The fourth-order valence-electron chi connectivity index (χ4n) is 1.27. The van der Waals surface area contributed by atoms with Gasteiger partial charge in [0.2, 0.25) is 0 Å². The van der Waals surface area contributed by atoms with Gasteiger partial charge in [0.15, 0.2) is 8.03 Å². The Balaban J connectivity index is 4.22. The Morgan fingerprint density at radius 2 is 2.00 bits per heavy atom. The Kier molecular flexibility index (Phi) is 6.48. The Hall–Kier alpha value is -0.0600. The van der Waals surface area contributed by atoms with Crippen molar-refractivity contribution in [3.63, 3.8) is 0 Å². The van der Waals surface area contributed by atoms with E-state index < -0.39 is 25.8 Å². The van der Waals surface area contributed by atoms with E-state index in [4.69, 9.17) is 10.6 Å². The molecule has 0 radical (unpaired) electrons. The summed E-state index contributed by atoms with van der Waals surface area (Å²) < 4.78 is 47.4. The Morgan fingerprint density at radius 1 is 1.47 bits per heavy atom. The van der Waals surface area contributed by atoms with Crippen LogP contribution in [0.2, 0.25) is 0 Å². The number of hydrogen-bond donors (Lipinski definition) is 2. The van der Waals surface area contributed by atoms with Gasteiger partial charge in [-0.1, -0.05) is 6.92 Å². The molecule has 92 valence electrons. The first-order valence-electron chi connectivity index (χ1n) is 4.78. The van der Waals surface area contributed by atoms with Crippen molar-refractivity contribution in [2.75, 3.05) is 6.54 Å². The van der Waals surface area contributed by atoms with Crippen molar-refractivity contribution >= 4 is 8.03 Å². The molecular formula is C8H17F3NO2P. The van der Waals surface area contributed by atoms with Gasteiger partial charge < -0.3 is 10.6 Å². The molecule has 0 aromatic heterocycles. The predicted molar refractivity (Wildman–Crippen MR) is 53.1 cm³/mol. The van der Waals surface area contributed by atoms with Gasteiger partial charge >= 0.3 is 6.18 Å². The second-order valence-electron chi connectivity index (χ2n) is 3.64. The van der Waals surface area contributed by atoms with Crippen LogP contribution >= 0.6 is 8.03 Å².